The number of ether oxygens (including phenoxy) is 3. The number of carbonyl (C=O) groups is 4. The molecule has 37 heavy (non-hydrogen) atoms. The van der Waals surface area contributed by atoms with Crippen LogP contribution in [0.15, 0.2) is 24.3 Å². The first-order valence-electron chi connectivity index (χ1n) is 10.9. The van der Waals surface area contributed by atoms with Gasteiger partial charge in [0.15, 0.2) is 17.3 Å². The van der Waals surface area contributed by atoms with Gasteiger partial charge in [-0.1, -0.05) is 12.1 Å². The molecule has 1 heterocycles. The fourth-order valence-corrected chi connectivity index (χ4v) is 4.20. The number of phenolic OH excluding ortho intramolecular Hbond substituents is 2. The summed E-state index contributed by atoms with van der Waals surface area (Å²) in [6.07, 6.45) is -9.69. The molecule has 0 amide bonds. The number of rotatable bonds is 6. The average Bonchev–Trinajstić information content (AvgIpc) is 2.83. The molecule has 1 fully saturated rings. The lowest BCUT2D eigenvalue weighted by molar-refractivity contribution is -0.278. The first-order chi connectivity index (χ1) is 17.4. The van der Waals surface area contributed by atoms with Crippen molar-refractivity contribution in [2.75, 3.05) is 6.61 Å². The molecule has 2 aliphatic rings. The minimum Gasteiger partial charge on any atom is -0.507 e. The van der Waals surface area contributed by atoms with Crippen LogP contribution in [0.2, 0.25) is 0 Å². The largest absolute Gasteiger partial charge is 0.507 e. The van der Waals surface area contributed by atoms with Gasteiger partial charge in [0.25, 0.3) is 0 Å². The zero-order chi connectivity index (χ0) is 27.2. The van der Waals surface area contributed by atoms with E-state index >= 15 is 0 Å². The SMILES string of the molecule is Cc1cc2c(c(O)c1O[C@H]1OC(COC(=O)CC(=O)O)[C@@H](O)C(O)C1O)C(=O)c1c(O)cccc1C2=O. The number of carboxylic acids is 1. The van der Waals surface area contributed by atoms with Crippen molar-refractivity contribution < 1.29 is 64.0 Å². The lowest BCUT2D eigenvalue weighted by Crippen LogP contribution is -2.60. The standard InChI is InChI=1S/C24H22O13/c1-8-5-10-16(19(31)15-9(17(10)29)3-2-4-11(15)25)20(32)23(8)37-24-22(34)21(33)18(30)12(36-24)7-35-14(28)6-13(26)27/h2-5,12,18,21-22,24-25,30,32-34H,6-7H2,1H3,(H,26,27)/t12?,18-,21?,22?,24-/m1/s1. The Balaban J connectivity index is 1.63. The number of esters is 1. The van der Waals surface area contributed by atoms with Crippen molar-refractivity contribution in [3.63, 3.8) is 0 Å². The van der Waals surface area contributed by atoms with E-state index in [1.165, 1.54) is 31.2 Å². The van der Waals surface area contributed by atoms with Crippen molar-refractivity contribution in [1.29, 1.82) is 0 Å². The molecule has 3 unspecified atom stereocenters. The normalized spacial score (nSPS) is 24.7. The predicted octanol–water partition coefficient (Wildman–Crippen LogP) is -0.614. The first kappa shape index (κ1) is 26.0. The minimum absolute atomic E-state index is 0.0478. The van der Waals surface area contributed by atoms with E-state index in [1.54, 1.807) is 0 Å². The zero-order valence-electron chi connectivity index (χ0n) is 19.2. The Morgan fingerprint density at radius 2 is 1.68 bits per heavy atom. The second-order valence-electron chi connectivity index (χ2n) is 8.54. The number of phenols is 2. The number of carbonyl (C=O) groups excluding carboxylic acids is 3. The van der Waals surface area contributed by atoms with Gasteiger partial charge in [-0.25, -0.2) is 0 Å². The van der Waals surface area contributed by atoms with Gasteiger partial charge in [-0.3, -0.25) is 19.2 Å². The maximum absolute atomic E-state index is 13.1. The first-order valence-corrected chi connectivity index (χ1v) is 10.9. The van der Waals surface area contributed by atoms with Crippen LogP contribution in [0.25, 0.3) is 0 Å². The molecule has 1 saturated heterocycles. The van der Waals surface area contributed by atoms with Crippen molar-refractivity contribution in [2.24, 2.45) is 0 Å². The highest BCUT2D eigenvalue weighted by atomic mass is 16.7. The van der Waals surface area contributed by atoms with Crippen LogP contribution in [-0.2, 0) is 19.1 Å². The predicted molar refractivity (Wildman–Crippen MR) is 118 cm³/mol. The van der Waals surface area contributed by atoms with Crippen LogP contribution in [0.5, 0.6) is 17.2 Å². The van der Waals surface area contributed by atoms with Crippen LogP contribution < -0.4 is 4.74 Å². The van der Waals surface area contributed by atoms with E-state index in [-0.39, 0.29) is 22.3 Å². The molecule has 196 valence electrons. The summed E-state index contributed by atoms with van der Waals surface area (Å²) in [5, 5.41) is 60.5. The molecule has 0 radical (unpaired) electrons. The van der Waals surface area contributed by atoms with E-state index in [2.05, 4.69) is 0 Å². The molecule has 0 bridgehead atoms. The van der Waals surface area contributed by atoms with Crippen LogP contribution in [0.4, 0.5) is 0 Å². The van der Waals surface area contributed by atoms with E-state index < -0.39 is 90.1 Å². The van der Waals surface area contributed by atoms with Gasteiger partial charge in [-0.15, -0.1) is 0 Å². The number of aromatic hydroxyl groups is 2. The van der Waals surface area contributed by atoms with E-state index in [9.17, 15) is 44.7 Å². The lowest BCUT2D eigenvalue weighted by atomic mass is 9.82. The number of ketones is 2. The van der Waals surface area contributed by atoms with Gasteiger partial charge in [0.2, 0.25) is 12.1 Å². The zero-order valence-corrected chi connectivity index (χ0v) is 19.2. The van der Waals surface area contributed by atoms with E-state index in [0.717, 1.165) is 0 Å². The molecule has 0 aromatic heterocycles. The Morgan fingerprint density at radius 3 is 2.35 bits per heavy atom. The van der Waals surface area contributed by atoms with Gasteiger partial charge >= 0.3 is 11.9 Å². The Morgan fingerprint density at radius 1 is 0.973 bits per heavy atom. The average molecular weight is 518 g/mol. The second kappa shape index (κ2) is 9.78. The van der Waals surface area contributed by atoms with Crippen molar-refractivity contribution in [3.8, 4) is 17.2 Å². The number of carboxylic acid groups (broad SMARTS) is 1. The number of hydrogen-bond donors (Lipinski definition) is 6. The summed E-state index contributed by atoms with van der Waals surface area (Å²) in [4.78, 5) is 48.2. The van der Waals surface area contributed by atoms with Crippen LogP contribution in [0.1, 0.15) is 43.8 Å². The smallest absolute Gasteiger partial charge is 0.317 e. The number of benzene rings is 2. The Kier molecular flexibility index (Phi) is 6.88. The fraction of sp³-hybridized carbons (Fsp3) is 0.333. The van der Waals surface area contributed by atoms with Crippen LogP contribution in [-0.4, -0.2) is 91.5 Å². The maximum Gasteiger partial charge on any atom is 0.317 e. The number of hydrogen-bond acceptors (Lipinski definition) is 12. The molecule has 13 heteroatoms. The number of aliphatic carboxylic acids is 1. The number of aryl methyl sites for hydroxylation is 1. The molecule has 0 saturated carbocycles. The summed E-state index contributed by atoms with van der Waals surface area (Å²) in [5.74, 6) is -5.72. The molecule has 5 atom stereocenters. The molecule has 2 aromatic carbocycles. The van der Waals surface area contributed by atoms with Crippen molar-refractivity contribution in [1.82, 2.24) is 0 Å². The molecule has 13 nitrogen and oxygen atoms in total. The van der Waals surface area contributed by atoms with E-state index in [1.807, 2.05) is 0 Å². The topological polar surface area (TPSA) is 217 Å². The monoisotopic (exact) mass is 518 g/mol. The van der Waals surface area contributed by atoms with E-state index in [4.69, 9.17) is 19.3 Å². The number of aliphatic hydroxyl groups excluding tert-OH is 3. The highest BCUT2D eigenvalue weighted by Gasteiger charge is 2.46. The molecule has 0 spiro atoms. The van der Waals surface area contributed by atoms with E-state index in [0.29, 0.717) is 0 Å². The Labute approximate surface area is 208 Å². The van der Waals surface area contributed by atoms with Crippen LogP contribution in [0.3, 0.4) is 0 Å². The van der Waals surface area contributed by atoms with Gasteiger partial charge in [-0.2, -0.15) is 0 Å². The summed E-state index contributed by atoms with van der Waals surface area (Å²) < 4.78 is 15.7. The summed E-state index contributed by atoms with van der Waals surface area (Å²) in [6, 6.07) is 5.23. The summed E-state index contributed by atoms with van der Waals surface area (Å²) in [6.45, 7) is 0.728. The van der Waals surface area contributed by atoms with Gasteiger partial charge in [0.05, 0.1) is 11.1 Å². The third-order valence-corrected chi connectivity index (χ3v) is 6.03. The summed E-state index contributed by atoms with van der Waals surface area (Å²) in [5.41, 5.74) is -0.810. The molecule has 6 N–H and O–H groups in total. The van der Waals surface area contributed by atoms with Crippen LogP contribution >= 0.6 is 0 Å². The highest BCUT2D eigenvalue weighted by Crippen LogP contribution is 2.43. The third kappa shape index (κ3) is 4.60. The lowest BCUT2D eigenvalue weighted by Gasteiger charge is -2.40. The summed E-state index contributed by atoms with van der Waals surface area (Å²) in [7, 11) is 0. The third-order valence-electron chi connectivity index (χ3n) is 6.03. The quantitative estimate of drug-likeness (QED) is 0.177. The summed E-state index contributed by atoms with van der Waals surface area (Å²) >= 11 is 0. The van der Waals surface area contributed by atoms with Crippen molar-refractivity contribution >= 4 is 23.5 Å². The van der Waals surface area contributed by atoms with Gasteiger partial charge in [0.1, 0.15) is 43.2 Å². The minimum atomic E-state index is -1.88. The Hall–Kier alpha value is -4.04. The molecule has 2 aromatic rings. The molecular weight excluding hydrogens is 496 g/mol. The number of fused-ring (bicyclic) bond motifs is 2. The molecule has 1 aliphatic carbocycles. The van der Waals surface area contributed by atoms with Gasteiger partial charge in [0, 0.05) is 11.1 Å². The van der Waals surface area contributed by atoms with Gasteiger partial charge < -0.3 is 44.8 Å². The van der Waals surface area contributed by atoms with Crippen molar-refractivity contribution in [2.45, 2.75) is 44.1 Å². The van der Waals surface area contributed by atoms with Crippen LogP contribution in [0, 0.1) is 6.92 Å². The molecule has 4 rings (SSSR count). The highest BCUT2D eigenvalue weighted by molar-refractivity contribution is 6.30. The maximum atomic E-state index is 13.1. The molecular formula is C24H22O13. The second-order valence-corrected chi connectivity index (χ2v) is 8.54. The van der Waals surface area contributed by atoms with Gasteiger partial charge in [-0.05, 0) is 24.6 Å². The van der Waals surface area contributed by atoms with Crippen molar-refractivity contribution in [3.05, 3.63) is 52.1 Å². The fourth-order valence-electron chi connectivity index (χ4n) is 4.20. The molecule has 1 aliphatic heterocycles. The number of aliphatic hydroxyl groups is 3. The Bertz CT molecular complexity index is 1300.